The average Bonchev–Trinajstić information content (AvgIpc) is 2.69. The van der Waals surface area contributed by atoms with Gasteiger partial charge in [-0.25, -0.2) is 0 Å². The van der Waals surface area contributed by atoms with Gasteiger partial charge < -0.3 is 10.0 Å². The number of carbonyl (C=O) groups is 1. The van der Waals surface area contributed by atoms with Crippen molar-refractivity contribution in [2.45, 2.75) is 38.2 Å². The SMILES string of the molecule is O=C(CCCc1ccccc1)N1CCC(C(O)c2ccccc2)CC1. The second kappa shape index (κ2) is 8.82. The van der Waals surface area contributed by atoms with E-state index in [1.807, 2.05) is 53.4 Å². The minimum absolute atomic E-state index is 0.246. The van der Waals surface area contributed by atoms with Gasteiger partial charge in [-0.2, -0.15) is 0 Å². The Morgan fingerprint density at radius 3 is 2.24 bits per heavy atom. The summed E-state index contributed by atoms with van der Waals surface area (Å²) in [4.78, 5) is 14.4. The molecule has 1 saturated heterocycles. The predicted octanol–water partition coefficient (Wildman–Crippen LogP) is 3.98. The number of aliphatic hydroxyl groups excluding tert-OH is 1. The van der Waals surface area contributed by atoms with Gasteiger partial charge in [0, 0.05) is 19.5 Å². The number of aliphatic hydroxyl groups is 1. The van der Waals surface area contributed by atoms with E-state index in [0.29, 0.717) is 6.42 Å². The summed E-state index contributed by atoms with van der Waals surface area (Å²) in [6.07, 6.45) is 3.80. The Labute approximate surface area is 150 Å². The molecule has 0 aliphatic carbocycles. The molecule has 3 nitrogen and oxygen atoms in total. The smallest absolute Gasteiger partial charge is 0.222 e. The highest BCUT2D eigenvalue weighted by molar-refractivity contribution is 5.76. The summed E-state index contributed by atoms with van der Waals surface area (Å²) in [6.45, 7) is 1.53. The molecule has 2 aromatic carbocycles. The van der Waals surface area contributed by atoms with Gasteiger partial charge in [-0.3, -0.25) is 4.79 Å². The first kappa shape index (κ1) is 17.7. The molecule has 2 aromatic rings. The van der Waals surface area contributed by atoms with Crippen molar-refractivity contribution in [1.29, 1.82) is 0 Å². The number of aryl methyl sites for hydroxylation is 1. The van der Waals surface area contributed by atoms with Crippen LogP contribution in [0.2, 0.25) is 0 Å². The minimum Gasteiger partial charge on any atom is -0.388 e. The minimum atomic E-state index is -0.420. The Balaban J connectivity index is 1.41. The molecule has 1 N–H and O–H groups in total. The molecule has 25 heavy (non-hydrogen) atoms. The van der Waals surface area contributed by atoms with Crippen molar-refractivity contribution in [3.8, 4) is 0 Å². The van der Waals surface area contributed by atoms with Crippen LogP contribution in [0.1, 0.15) is 42.9 Å². The molecule has 1 fully saturated rings. The number of amides is 1. The molecular weight excluding hydrogens is 310 g/mol. The lowest BCUT2D eigenvalue weighted by Gasteiger charge is -2.34. The molecule has 0 radical (unpaired) electrons. The van der Waals surface area contributed by atoms with Gasteiger partial charge in [-0.15, -0.1) is 0 Å². The first-order valence-corrected chi connectivity index (χ1v) is 9.29. The van der Waals surface area contributed by atoms with Gasteiger partial charge >= 0.3 is 0 Å². The Hall–Kier alpha value is -2.13. The number of piperidine rings is 1. The molecule has 0 bridgehead atoms. The van der Waals surface area contributed by atoms with Crippen LogP contribution < -0.4 is 0 Å². The lowest BCUT2D eigenvalue weighted by atomic mass is 9.87. The van der Waals surface area contributed by atoms with E-state index in [9.17, 15) is 9.90 Å². The number of hydrogen-bond donors (Lipinski definition) is 1. The number of rotatable bonds is 6. The van der Waals surface area contributed by atoms with Crippen LogP contribution in [0.15, 0.2) is 60.7 Å². The van der Waals surface area contributed by atoms with E-state index < -0.39 is 6.10 Å². The van der Waals surface area contributed by atoms with Gasteiger partial charge in [-0.1, -0.05) is 60.7 Å². The van der Waals surface area contributed by atoms with Crippen LogP contribution in [0.25, 0.3) is 0 Å². The summed E-state index contributed by atoms with van der Waals surface area (Å²) in [5.41, 5.74) is 2.27. The fraction of sp³-hybridized carbons (Fsp3) is 0.409. The van der Waals surface area contributed by atoms with Gasteiger partial charge in [0.25, 0.3) is 0 Å². The van der Waals surface area contributed by atoms with Crippen molar-refractivity contribution in [3.63, 3.8) is 0 Å². The second-order valence-corrected chi connectivity index (χ2v) is 6.91. The lowest BCUT2D eigenvalue weighted by molar-refractivity contribution is -0.133. The largest absolute Gasteiger partial charge is 0.388 e. The maximum absolute atomic E-state index is 12.4. The normalized spacial score (nSPS) is 16.6. The highest BCUT2D eigenvalue weighted by atomic mass is 16.3. The predicted molar refractivity (Wildman–Crippen MR) is 100 cm³/mol. The van der Waals surface area contributed by atoms with Crippen LogP contribution in [0.4, 0.5) is 0 Å². The van der Waals surface area contributed by atoms with Crippen LogP contribution >= 0.6 is 0 Å². The van der Waals surface area contributed by atoms with Crippen LogP contribution in [0, 0.1) is 5.92 Å². The van der Waals surface area contributed by atoms with Crippen LogP contribution in [0.3, 0.4) is 0 Å². The lowest BCUT2D eigenvalue weighted by Crippen LogP contribution is -2.39. The molecule has 1 aliphatic rings. The third-order valence-electron chi connectivity index (χ3n) is 5.18. The molecule has 3 heteroatoms. The van der Waals surface area contributed by atoms with Crippen LogP contribution in [0.5, 0.6) is 0 Å². The van der Waals surface area contributed by atoms with Gasteiger partial charge in [0.05, 0.1) is 6.10 Å². The number of benzene rings is 2. The fourth-order valence-corrected chi connectivity index (χ4v) is 3.63. The summed E-state index contributed by atoms with van der Waals surface area (Å²) in [5, 5.41) is 10.5. The zero-order chi connectivity index (χ0) is 17.5. The van der Waals surface area contributed by atoms with Crippen LogP contribution in [-0.4, -0.2) is 29.0 Å². The molecular formula is C22H27NO2. The average molecular weight is 337 g/mol. The first-order chi connectivity index (χ1) is 12.2. The van der Waals surface area contributed by atoms with Crippen molar-refractivity contribution < 1.29 is 9.90 Å². The zero-order valence-electron chi connectivity index (χ0n) is 14.7. The number of nitrogens with zero attached hydrogens (tertiary/aromatic N) is 1. The van der Waals surface area contributed by atoms with E-state index >= 15 is 0 Å². The Kier molecular flexibility index (Phi) is 6.24. The van der Waals surface area contributed by atoms with Gasteiger partial charge in [0.1, 0.15) is 0 Å². The van der Waals surface area contributed by atoms with E-state index in [1.165, 1.54) is 5.56 Å². The first-order valence-electron chi connectivity index (χ1n) is 9.29. The summed E-state index contributed by atoms with van der Waals surface area (Å²) in [7, 11) is 0. The van der Waals surface area contributed by atoms with Gasteiger partial charge in [0.15, 0.2) is 0 Å². The molecule has 1 aliphatic heterocycles. The van der Waals surface area contributed by atoms with Crippen LogP contribution in [-0.2, 0) is 11.2 Å². The van der Waals surface area contributed by atoms with Crippen molar-refractivity contribution in [3.05, 3.63) is 71.8 Å². The molecule has 1 heterocycles. The standard InChI is InChI=1S/C22H27NO2/c24-21(13-7-10-18-8-3-1-4-9-18)23-16-14-20(15-17-23)22(25)19-11-5-2-6-12-19/h1-6,8-9,11-12,20,22,25H,7,10,13-17H2. The van der Waals surface area contributed by atoms with Crippen molar-refractivity contribution in [1.82, 2.24) is 4.90 Å². The number of hydrogen-bond acceptors (Lipinski definition) is 2. The Morgan fingerprint density at radius 1 is 1.00 bits per heavy atom. The van der Waals surface area contributed by atoms with Crippen molar-refractivity contribution in [2.75, 3.05) is 13.1 Å². The monoisotopic (exact) mass is 337 g/mol. The van der Waals surface area contributed by atoms with Crippen molar-refractivity contribution in [2.24, 2.45) is 5.92 Å². The highest BCUT2D eigenvalue weighted by Crippen LogP contribution is 2.30. The Bertz CT molecular complexity index is 648. The third kappa shape index (κ3) is 4.93. The zero-order valence-corrected chi connectivity index (χ0v) is 14.7. The summed E-state index contributed by atoms with van der Waals surface area (Å²) in [5.74, 6) is 0.499. The molecule has 0 saturated carbocycles. The molecule has 0 spiro atoms. The maximum Gasteiger partial charge on any atom is 0.222 e. The van der Waals surface area contributed by atoms with Gasteiger partial charge in [-0.05, 0) is 42.7 Å². The summed E-state index contributed by atoms with van der Waals surface area (Å²) in [6, 6.07) is 20.2. The van der Waals surface area contributed by atoms with Crippen molar-refractivity contribution >= 4 is 5.91 Å². The molecule has 1 atom stereocenters. The summed E-state index contributed by atoms with van der Waals surface area (Å²) < 4.78 is 0. The quantitative estimate of drug-likeness (QED) is 0.866. The number of likely N-dealkylation sites (tertiary alicyclic amines) is 1. The topological polar surface area (TPSA) is 40.5 Å². The fourth-order valence-electron chi connectivity index (χ4n) is 3.63. The second-order valence-electron chi connectivity index (χ2n) is 6.91. The third-order valence-corrected chi connectivity index (χ3v) is 5.18. The molecule has 132 valence electrons. The Morgan fingerprint density at radius 2 is 1.60 bits per heavy atom. The van der Waals surface area contributed by atoms with E-state index in [0.717, 1.165) is 44.3 Å². The van der Waals surface area contributed by atoms with E-state index in [2.05, 4.69) is 12.1 Å². The highest BCUT2D eigenvalue weighted by Gasteiger charge is 2.27. The molecule has 1 unspecified atom stereocenters. The summed E-state index contributed by atoms with van der Waals surface area (Å²) >= 11 is 0. The number of carbonyl (C=O) groups excluding carboxylic acids is 1. The van der Waals surface area contributed by atoms with E-state index in [-0.39, 0.29) is 11.8 Å². The molecule has 0 aromatic heterocycles. The van der Waals surface area contributed by atoms with E-state index in [4.69, 9.17) is 0 Å². The van der Waals surface area contributed by atoms with E-state index in [1.54, 1.807) is 0 Å². The molecule has 3 rings (SSSR count). The molecule has 1 amide bonds. The maximum atomic E-state index is 12.4. The van der Waals surface area contributed by atoms with Gasteiger partial charge in [0.2, 0.25) is 5.91 Å².